The molecule has 4 heterocycles. The minimum atomic E-state index is -3.82. The van der Waals surface area contributed by atoms with E-state index in [1.807, 2.05) is 21.9 Å². The maximum Gasteiger partial charge on any atom is 0.410 e. The van der Waals surface area contributed by atoms with E-state index in [2.05, 4.69) is 9.97 Å². The monoisotopic (exact) mass is 730 g/mol. The van der Waals surface area contributed by atoms with Crippen molar-refractivity contribution in [2.24, 2.45) is 0 Å². The fraction of sp³-hybridized carbons (Fsp3) is 0.444. The van der Waals surface area contributed by atoms with E-state index < -0.39 is 33.7 Å². The van der Waals surface area contributed by atoms with E-state index in [0.29, 0.717) is 67.7 Å². The Balaban J connectivity index is 1.14. The van der Waals surface area contributed by atoms with Crippen LogP contribution in [0.15, 0.2) is 53.4 Å². The molecule has 3 aliphatic heterocycles. The van der Waals surface area contributed by atoms with Crippen LogP contribution < -0.4 is 14.7 Å². The number of rotatable bonds is 7. The number of ether oxygens (including phenoxy) is 1. The number of carbonyl (C=O) groups excluding carboxylic acids is 2. The van der Waals surface area contributed by atoms with Gasteiger partial charge in [-0.2, -0.15) is 9.57 Å². The predicted molar refractivity (Wildman–Crippen MR) is 192 cm³/mol. The molecule has 2 fully saturated rings. The van der Waals surface area contributed by atoms with Crippen LogP contribution in [0.1, 0.15) is 54.5 Å². The van der Waals surface area contributed by atoms with E-state index in [1.165, 1.54) is 15.3 Å². The number of anilines is 3. The van der Waals surface area contributed by atoms with Crippen molar-refractivity contribution in [3.8, 4) is 6.07 Å². The molecule has 0 radical (unpaired) electrons. The van der Waals surface area contributed by atoms with Gasteiger partial charge in [-0.15, -0.1) is 0 Å². The second kappa shape index (κ2) is 14.4. The molecule has 0 bridgehead atoms. The van der Waals surface area contributed by atoms with Gasteiger partial charge in [0.1, 0.15) is 17.4 Å². The summed E-state index contributed by atoms with van der Waals surface area (Å²) in [6, 6.07) is 15.0. The summed E-state index contributed by atoms with van der Waals surface area (Å²) in [7, 11) is -3.82. The third kappa shape index (κ3) is 7.80. The quantitative estimate of drug-likeness (QED) is 0.376. The number of piperazine rings is 2. The third-order valence-corrected chi connectivity index (χ3v) is 11.2. The van der Waals surface area contributed by atoms with Crippen LogP contribution in [-0.2, 0) is 26.0 Å². The molecule has 0 spiro atoms. The summed E-state index contributed by atoms with van der Waals surface area (Å²) >= 11 is 0. The highest BCUT2D eigenvalue weighted by molar-refractivity contribution is 7.89. The molecular formula is C36H42N8O7S. The molecule has 2 aromatic carbocycles. The summed E-state index contributed by atoms with van der Waals surface area (Å²) in [6.07, 6.45) is -0.221. The number of amides is 2. The van der Waals surface area contributed by atoms with Gasteiger partial charge in [-0.1, -0.05) is 6.07 Å². The van der Waals surface area contributed by atoms with E-state index in [4.69, 9.17) is 4.74 Å². The lowest BCUT2D eigenvalue weighted by molar-refractivity contribution is -0.137. The summed E-state index contributed by atoms with van der Waals surface area (Å²) in [5.74, 6) is -0.854. The molecule has 1 N–H and O–H groups in total. The molecule has 3 aromatic rings. The number of carboxylic acid groups (broad SMARTS) is 1. The van der Waals surface area contributed by atoms with Crippen LogP contribution in [0.2, 0.25) is 0 Å². The van der Waals surface area contributed by atoms with E-state index in [-0.39, 0.29) is 42.6 Å². The largest absolute Gasteiger partial charge is 0.481 e. The molecule has 0 aliphatic carbocycles. The minimum absolute atomic E-state index is 0.157. The van der Waals surface area contributed by atoms with Gasteiger partial charge in [-0.3, -0.25) is 9.59 Å². The van der Waals surface area contributed by atoms with Crippen molar-refractivity contribution in [1.82, 2.24) is 19.2 Å². The summed E-state index contributed by atoms with van der Waals surface area (Å²) in [6.45, 7) is 9.52. The Morgan fingerprint density at radius 2 is 1.73 bits per heavy atom. The molecule has 2 amide bonds. The first-order valence-electron chi connectivity index (χ1n) is 17.1. The zero-order valence-electron chi connectivity index (χ0n) is 29.6. The van der Waals surface area contributed by atoms with Gasteiger partial charge in [0.15, 0.2) is 0 Å². The lowest BCUT2D eigenvalue weighted by Gasteiger charge is -2.42. The van der Waals surface area contributed by atoms with Gasteiger partial charge >= 0.3 is 12.1 Å². The van der Waals surface area contributed by atoms with Gasteiger partial charge in [0.25, 0.3) is 5.91 Å². The molecule has 1 atom stereocenters. The second-order valence-electron chi connectivity index (χ2n) is 14.1. The number of carboxylic acids is 1. The van der Waals surface area contributed by atoms with Crippen molar-refractivity contribution in [3.63, 3.8) is 0 Å². The number of hydrogen-bond donors (Lipinski definition) is 1. The molecule has 2 saturated heterocycles. The third-order valence-electron chi connectivity index (χ3n) is 9.28. The number of aliphatic carboxylic acids is 1. The molecule has 15 nitrogen and oxygen atoms in total. The first-order valence-corrected chi connectivity index (χ1v) is 18.6. The molecule has 3 aliphatic rings. The van der Waals surface area contributed by atoms with Gasteiger partial charge in [0, 0.05) is 75.0 Å². The summed E-state index contributed by atoms with van der Waals surface area (Å²) in [4.78, 5) is 54.3. The highest BCUT2D eigenvalue weighted by Gasteiger charge is 2.35. The van der Waals surface area contributed by atoms with Crippen LogP contribution in [0.5, 0.6) is 0 Å². The summed E-state index contributed by atoms with van der Waals surface area (Å²) in [5.41, 5.74) is 2.70. The van der Waals surface area contributed by atoms with E-state index >= 15 is 0 Å². The number of nitriles is 1. The standard InChI is InChI=1S/C36H42N8O7S/c1-24-18-27(22-37)39-34(38-24)40-12-15-42(16-13-40)52(49,50)30-8-9-31-25(20-30)10-11-44(31)33(47)26-6-5-7-28(19-26)43-17-14-41(23-29(43)21-32(45)46)35(48)51-36(2,3)4/h5-9,18-20,29H,10-17,21,23H2,1-4H3,(H,45,46)/t29-/m0/s1. The van der Waals surface area contributed by atoms with Crippen molar-refractivity contribution in [3.05, 3.63) is 71.0 Å². The van der Waals surface area contributed by atoms with Crippen LogP contribution in [0.4, 0.5) is 22.1 Å². The van der Waals surface area contributed by atoms with Crippen LogP contribution in [0, 0.1) is 18.3 Å². The number of aryl methyl sites for hydroxylation is 1. The van der Waals surface area contributed by atoms with Crippen LogP contribution >= 0.6 is 0 Å². The van der Waals surface area contributed by atoms with E-state index in [1.54, 1.807) is 69.0 Å². The van der Waals surface area contributed by atoms with Crippen LogP contribution in [-0.4, -0.2) is 115 Å². The lowest BCUT2D eigenvalue weighted by atomic mass is 10.1. The number of hydrogen-bond acceptors (Lipinski definition) is 11. The van der Waals surface area contributed by atoms with Gasteiger partial charge in [-0.05, 0) is 82.1 Å². The van der Waals surface area contributed by atoms with Gasteiger partial charge in [-0.25, -0.2) is 23.2 Å². The molecule has 274 valence electrons. The maximum atomic E-state index is 13.9. The molecule has 1 aromatic heterocycles. The van der Waals surface area contributed by atoms with Gasteiger partial charge in [0.2, 0.25) is 16.0 Å². The predicted octanol–water partition coefficient (Wildman–Crippen LogP) is 3.27. The van der Waals surface area contributed by atoms with E-state index in [9.17, 15) is 33.2 Å². The molecule has 6 rings (SSSR count). The summed E-state index contributed by atoms with van der Waals surface area (Å²) < 4.78 is 34.4. The number of aromatic nitrogens is 2. The van der Waals surface area contributed by atoms with Crippen molar-refractivity contribution >= 4 is 45.3 Å². The number of carbonyl (C=O) groups is 3. The SMILES string of the molecule is Cc1cc(C#N)nc(N2CCN(S(=O)(=O)c3ccc4c(c3)CCN4C(=O)c3cccc(N4CCN(C(=O)OC(C)(C)C)C[C@@H]4CC(=O)O)c3)CC2)n1. The average molecular weight is 731 g/mol. The zero-order chi connectivity index (χ0) is 37.4. The van der Waals surface area contributed by atoms with Crippen molar-refractivity contribution in [2.75, 3.05) is 67.1 Å². The number of nitrogens with zero attached hydrogens (tertiary/aromatic N) is 8. The molecule has 16 heteroatoms. The highest BCUT2D eigenvalue weighted by Crippen LogP contribution is 2.34. The fourth-order valence-electron chi connectivity index (χ4n) is 6.82. The van der Waals surface area contributed by atoms with Crippen LogP contribution in [0.3, 0.4) is 0 Å². The number of sulfonamides is 1. The molecular weight excluding hydrogens is 689 g/mol. The van der Waals surface area contributed by atoms with Crippen molar-refractivity contribution in [2.45, 2.75) is 57.1 Å². The lowest BCUT2D eigenvalue weighted by Crippen LogP contribution is -2.56. The van der Waals surface area contributed by atoms with E-state index in [0.717, 1.165) is 5.56 Å². The first-order chi connectivity index (χ1) is 24.6. The minimum Gasteiger partial charge on any atom is -0.481 e. The van der Waals surface area contributed by atoms with Crippen molar-refractivity contribution in [1.29, 1.82) is 5.26 Å². The Morgan fingerprint density at radius 3 is 2.42 bits per heavy atom. The van der Waals surface area contributed by atoms with Gasteiger partial charge < -0.3 is 29.4 Å². The smallest absolute Gasteiger partial charge is 0.410 e. The average Bonchev–Trinajstić information content (AvgIpc) is 3.53. The Hall–Kier alpha value is -5.27. The number of benzene rings is 2. The zero-order valence-corrected chi connectivity index (χ0v) is 30.5. The Kier molecular flexibility index (Phi) is 10.1. The Morgan fingerprint density at radius 1 is 0.981 bits per heavy atom. The molecule has 0 saturated carbocycles. The maximum absolute atomic E-state index is 13.9. The van der Waals surface area contributed by atoms with Crippen molar-refractivity contribution < 1.29 is 32.6 Å². The second-order valence-corrected chi connectivity index (χ2v) is 16.1. The van der Waals surface area contributed by atoms with Crippen LogP contribution in [0.25, 0.3) is 0 Å². The fourth-order valence-corrected chi connectivity index (χ4v) is 8.29. The molecule has 52 heavy (non-hydrogen) atoms. The van der Waals surface area contributed by atoms with Gasteiger partial charge in [0.05, 0.1) is 17.4 Å². The summed E-state index contributed by atoms with van der Waals surface area (Å²) in [5, 5.41) is 18.9. The highest BCUT2D eigenvalue weighted by atomic mass is 32.2. The molecule has 0 unspecified atom stereocenters. The first kappa shape index (κ1) is 36.5. The normalized spacial score (nSPS) is 18.2. The topological polar surface area (TPSA) is 181 Å². The number of fused-ring (bicyclic) bond motifs is 1. The Bertz CT molecular complexity index is 2040. The Labute approximate surface area is 303 Å².